The fraction of sp³-hybridized carbons (Fsp3) is 0.357. The first-order chi connectivity index (χ1) is 15.8. The molecule has 4 rings (SSSR count). The number of benzene rings is 3. The fourth-order valence-electron chi connectivity index (χ4n) is 4.98. The van der Waals surface area contributed by atoms with Crippen LogP contribution in [-0.4, -0.2) is 24.9 Å². The van der Waals surface area contributed by atoms with Crippen molar-refractivity contribution in [3.63, 3.8) is 0 Å². The van der Waals surface area contributed by atoms with Gasteiger partial charge in [0.2, 0.25) is 12.3 Å². The Balaban J connectivity index is 1.53. The lowest BCUT2D eigenvalue weighted by molar-refractivity contribution is -0.125. The number of fused-ring (bicyclic) bond motifs is 1. The van der Waals surface area contributed by atoms with Crippen molar-refractivity contribution in [2.75, 3.05) is 11.4 Å². The van der Waals surface area contributed by atoms with Crippen LogP contribution in [0.25, 0.3) is 10.8 Å². The van der Waals surface area contributed by atoms with Crippen molar-refractivity contribution in [3.8, 4) is 0 Å². The van der Waals surface area contributed by atoms with Crippen molar-refractivity contribution in [1.29, 1.82) is 0 Å². The summed E-state index contributed by atoms with van der Waals surface area (Å²) in [6.07, 6.45) is 8.06. The molecule has 1 aliphatic rings. The topological polar surface area (TPSA) is 49.4 Å². The largest absolute Gasteiger partial charge is 0.354 e. The molecular formula is C28H32N2O2. The highest BCUT2D eigenvalue weighted by atomic mass is 16.2. The Morgan fingerprint density at radius 2 is 1.66 bits per heavy atom. The van der Waals surface area contributed by atoms with Gasteiger partial charge in [0.25, 0.3) is 0 Å². The monoisotopic (exact) mass is 428 g/mol. The van der Waals surface area contributed by atoms with Gasteiger partial charge in [0.15, 0.2) is 0 Å². The minimum Gasteiger partial charge on any atom is -0.354 e. The maximum absolute atomic E-state index is 13.5. The number of nitrogens with zero attached hydrogens (tertiary/aromatic N) is 1. The predicted octanol–water partition coefficient (Wildman–Crippen LogP) is 5.50. The molecule has 0 unspecified atom stereocenters. The molecule has 0 saturated heterocycles. The normalized spacial score (nSPS) is 15.2. The Morgan fingerprint density at radius 3 is 2.44 bits per heavy atom. The van der Waals surface area contributed by atoms with Gasteiger partial charge in [-0.2, -0.15) is 0 Å². The zero-order valence-corrected chi connectivity index (χ0v) is 18.6. The van der Waals surface area contributed by atoms with Gasteiger partial charge >= 0.3 is 0 Å². The number of carbonyl (C=O) groups is 2. The van der Waals surface area contributed by atoms with Gasteiger partial charge in [0.05, 0.1) is 5.69 Å². The molecule has 1 aliphatic carbocycles. The van der Waals surface area contributed by atoms with Crippen LogP contribution in [0.5, 0.6) is 0 Å². The van der Waals surface area contributed by atoms with Crippen LogP contribution in [0.3, 0.4) is 0 Å². The molecule has 4 nitrogen and oxygen atoms in total. The Morgan fingerprint density at radius 1 is 0.938 bits per heavy atom. The molecule has 0 spiro atoms. The summed E-state index contributed by atoms with van der Waals surface area (Å²) in [5.41, 5.74) is 2.09. The number of hydrogen-bond donors (Lipinski definition) is 1. The summed E-state index contributed by atoms with van der Waals surface area (Å²) in [5, 5.41) is 5.22. The number of hydrogen-bond acceptors (Lipinski definition) is 2. The van der Waals surface area contributed by atoms with Crippen molar-refractivity contribution in [2.45, 2.75) is 51.0 Å². The molecule has 0 aliphatic heterocycles. The number of carbonyl (C=O) groups excluding carboxylic acids is 2. The third-order valence-corrected chi connectivity index (χ3v) is 6.61. The summed E-state index contributed by atoms with van der Waals surface area (Å²) in [6.45, 7) is 0.610. The number of rotatable bonds is 9. The van der Waals surface area contributed by atoms with E-state index in [4.69, 9.17) is 0 Å². The van der Waals surface area contributed by atoms with Crippen molar-refractivity contribution >= 4 is 28.8 Å². The standard InChI is InChI=1S/C28H32N2O2/c31-21-30(26-19-9-17-23-14-7-8-18-25(23)26)27(24-15-5-2-6-16-24)28(32)29-20-10-13-22-11-3-1-4-12-22/h1,3-4,7-9,11-12,14,17-19,21,24,27H,2,5-6,10,13,15-16,20H2,(H,29,32)/t27-/m0/s1. The maximum atomic E-state index is 13.5. The van der Waals surface area contributed by atoms with Crippen LogP contribution in [0.15, 0.2) is 72.8 Å². The van der Waals surface area contributed by atoms with Crippen molar-refractivity contribution in [2.24, 2.45) is 5.92 Å². The van der Waals surface area contributed by atoms with E-state index < -0.39 is 6.04 Å². The number of amides is 2. The van der Waals surface area contributed by atoms with Crippen molar-refractivity contribution in [3.05, 3.63) is 78.4 Å². The van der Waals surface area contributed by atoms with E-state index in [-0.39, 0.29) is 11.8 Å². The molecule has 0 aromatic heterocycles. The van der Waals surface area contributed by atoms with E-state index in [0.717, 1.165) is 61.4 Å². The van der Waals surface area contributed by atoms with Crippen LogP contribution in [0, 0.1) is 5.92 Å². The summed E-state index contributed by atoms with van der Waals surface area (Å²) in [5.74, 6) is 0.145. The molecule has 1 N–H and O–H groups in total. The summed E-state index contributed by atoms with van der Waals surface area (Å²) in [7, 11) is 0. The van der Waals surface area contributed by atoms with Crippen molar-refractivity contribution in [1.82, 2.24) is 5.32 Å². The van der Waals surface area contributed by atoms with Gasteiger partial charge in [0.1, 0.15) is 6.04 Å². The summed E-state index contributed by atoms with van der Waals surface area (Å²) >= 11 is 0. The average molecular weight is 429 g/mol. The van der Waals surface area contributed by atoms with E-state index in [1.165, 1.54) is 12.0 Å². The van der Waals surface area contributed by atoms with E-state index in [9.17, 15) is 9.59 Å². The molecule has 3 aromatic rings. The SMILES string of the molecule is O=CN(c1cccc2ccccc12)[C@H](C(=O)NCCCc1ccccc1)C1CCCCC1. The smallest absolute Gasteiger partial charge is 0.243 e. The quantitative estimate of drug-likeness (QED) is 0.361. The second kappa shape index (κ2) is 10.9. The molecule has 166 valence electrons. The summed E-state index contributed by atoms with van der Waals surface area (Å²) < 4.78 is 0. The average Bonchev–Trinajstić information content (AvgIpc) is 2.86. The first-order valence-corrected chi connectivity index (χ1v) is 11.8. The first kappa shape index (κ1) is 22.1. The Kier molecular flexibility index (Phi) is 7.55. The van der Waals surface area contributed by atoms with Crippen molar-refractivity contribution < 1.29 is 9.59 Å². The molecule has 32 heavy (non-hydrogen) atoms. The molecule has 0 heterocycles. The molecule has 0 radical (unpaired) electrons. The van der Waals surface area contributed by atoms with Gasteiger partial charge in [-0.15, -0.1) is 0 Å². The second-order valence-electron chi connectivity index (χ2n) is 8.73. The van der Waals surface area contributed by atoms with Gasteiger partial charge in [0, 0.05) is 11.9 Å². The summed E-state index contributed by atoms with van der Waals surface area (Å²) in [6, 6.07) is 23.8. The van der Waals surface area contributed by atoms with E-state index in [0.29, 0.717) is 6.54 Å². The lowest BCUT2D eigenvalue weighted by Gasteiger charge is -2.36. The van der Waals surface area contributed by atoms with E-state index in [1.54, 1.807) is 4.90 Å². The van der Waals surface area contributed by atoms with Crippen LogP contribution in [0.2, 0.25) is 0 Å². The zero-order chi connectivity index (χ0) is 22.2. The van der Waals surface area contributed by atoms with E-state index in [1.807, 2.05) is 60.7 Å². The van der Waals surface area contributed by atoms with Gasteiger partial charge in [-0.05, 0) is 48.6 Å². The molecule has 1 atom stereocenters. The molecule has 1 fully saturated rings. The molecule has 3 aromatic carbocycles. The highest BCUT2D eigenvalue weighted by molar-refractivity contribution is 6.02. The number of nitrogens with one attached hydrogen (secondary N) is 1. The van der Waals surface area contributed by atoms with Gasteiger partial charge in [-0.1, -0.05) is 86.0 Å². The highest BCUT2D eigenvalue weighted by Crippen LogP contribution is 2.34. The predicted molar refractivity (Wildman–Crippen MR) is 131 cm³/mol. The molecular weight excluding hydrogens is 396 g/mol. The minimum absolute atomic E-state index is 0.0370. The fourth-order valence-corrected chi connectivity index (χ4v) is 4.98. The number of anilines is 1. The zero-order valence-electron chi connectivity index (χ0n) is 18.6. The molecule has 1 saturated carbocycles. The number of aryl methyl sites for hydroxylation is 1. The Labute approximate surface area is 190 Å². The van der Waals surface area contributed by atoms with Crippen LogP contribution >= 0.6 is 0 Å². The van der Waals surface area contributed by atoms with Crippen LogP contribution < -0.4 is 10.2 Å². The lowest BCUT2D eigenvalue weighted by atomic mass is 9.82. The second-order valence-corrected chi connectivity index (χ2v) is 8.73. The van der Waals surface area contributed by atoms with Crippen LogP contribution in [0.4, 0.5) is 5.69 Å². The maximum Gasteiger partial charge on any atom is 0.243 e. The van der Waals surface area contributed by atoms with Crippen LogP contribution in [0.1, 0.15) is 44.1 Å². The van der Waals surface area contributed by atoms with Crippen LogP contribution in [-0.2, 0) is 16.0 Å². The van der Waals surface area contributed by atoms with E-state index in [2.05, 4.69) is 17.4 Å². The third kappa shape index (κ3) is 5.18. The Hall–Kier alpha value is -3.14. The van der Waals surface area contributed by atoms with Gasteiger partial charge < -0.3 is 10.2 Å². The third-order valence-electron chi connectivity index (χ3n) is 6.61. The summed E-state index contributed by atoms with van der Waals surface area (Å²) in [4.78, 5) is 27.5. The molecule has 4 heteroatoms. The lowest BCUT2D eigenvalue weighted by Crippen LogP contribution is -2.51. The first-order valence-electron chi connectivity index (χ1n) is 11.8. The minimum atomic E-state index is -0.477. The van der Waals surface area contributed by atoms with Gasteiger partial charge in [-0.25, -0.2) is 0 Å². The molecule has 0 bridgehead atoms. The highest BCUT2D eigenvalue weighted by Gasteiger charge is 2.35. The van der Waals surface area contributed by atoms with E-state index >= 15 is 0 Å². The van der Waals surface area contributed by atoms with Gasteiger partial charge in [-0.3, -0.25) is 9.59 Å². The Bertz CT molecular complexity index is 1020. The molecule has 2 amide bonds.